The van der Waals surface area contributed by atoms with E-state index in [0.717, 1.165) is 6.07 Å². The van der Waals surface area contributed by atoms with Gasteiger partial charge in [0, 0.05) is 24.6 Å². The largest absolute Gasteiger partial charge is 0.409 e. The molecule has 0 aliphatic heterocycles. The van der Waals surface area contributed by atoms with E-state index in [-0.39, 0.29) is 17.9 Å². The van der Waals surface area contributed by atoms with Crippen molar-refractivity contribution in [1.29, 1.82) is 0 Å². The van der Waals surface area contributed by atoms with Crippen LogP contribution in [0.3, 0.4) is 0 Å². The molecule has 0 bridgehead atoms. The minimum absolute atomic E-state index is 0.0673. The standard InChI is InChI=1S/C10H12F3N3O/c1-5(2-9(14)16-17)15-8-4-6(11)3-7(12)10(8)13/h3-5,15,17H,2H2,1H3,(H2,14,16). The summed E-state index contributed by atoms with van der Waals surface area (Å²) in [4.78, 5) is 0. The Labute approximate surface area is 95.9 Å². The van der Waals surface area contributed by atoms with Crippen LogP contribution in [0.1, 0.15) is 13.3 Å². The van der Waals surface area contributed by atoms with Gasteiger partial charge >= 0.3 is 0 Å². The lowest BCUT2D eigenvalue weighted by molar-refractivity contribution is 0.316. The average Bonchev–Trinajstić information content (AvgIpc) is 2.24. The highest BCUT2D eigenvalue weighted by Crippen LogP contribution is 2.20. The fraction of sp³-hybridized carbons (Fsp3) is 0.300. The van der Waals surface area contributed by atoms with Gasteiger partial charge in [-0.2, -0.15) is 0 Å². The summed E-state index contributed by atoms with van der Waals surface area (Å²) in [5.74, 6) is -3.40. The summed E-state index contributed by atoms with van der Waals surface area (Å²) >= 11 is 0. The van der Waals surface area contributed by atoms with Crippen molar-refractivity contribution in [2.24, 2.45) is 10.9 Å². The third-order valence-corrected chi connectivity index (χ3v) is 2.04. The van der Waals surface area contributed by atoms with Gasteiger partial charge in [0.05, 0.1) is 5.69 Å². The lowest BCUT2D eigenvalue weighted by atomic mass is 10.2. The maximum atomic E-state index is 13.2. The summed E-state index contributed by atoms with van der Waals surface area (Å²) in [6, 6.07) is 0.845. The van der Waals surface area contributed by atoms with E-state index < -0.39 is 23.5 Å². The number of hydrogen-bond acceptors (Lipinski definition) is 3. The normalized spacial score (nSPS) is 13.5. The Morgan fingerprint density at radius 1 is 1.47 bits per heavy atom. The summed E-state index contributed by atoms with van der Waals surface area (Å²) < 4.78 is 39.0. The van der Waals surface area contributed by atoms with Crippen LogP contribution in [-0.2, 0) is 0 Å². The van der Waals surface area contributed by atoms with Gasteiger partial charge in [0.2, 0.25) is 0 Å². The third-order valence-electron chi connectivity index (χ3n) is 2.04. The highest BCUT2D eigenvalue weighted by atomic mass is 19.2. The molecule has 1 unspecified atom stereocenters. The van der Waals surface area contributed by atoms with Crippen molar-refractivity contribution >= 4 is 11.5 Å². The molecule has 0 aliphatic rings. The van der Waals surface area contributed by atoms with E-state index in [1.807, 2.05) is 0 Å². The number of nitrogens with zero attached hydrogens (tertiary/aromatic N) is 1. The summed E-state index contributed by atoms with van der Waals surface area (Å²) in [5.41, 5.74) is 4.94. The monoisotopic (exact) mass is 247 g/mol. The number of amidine groups is 1. The van der Waals surface area contributed by atoms with Crippen LogP contribution in [0.15, 0.2) is 17.3 Å². The van der Waals surface area contributed by atoms with Crippen LogP contribution >= 0.6 is 0 Å². The average molecular weight is 247 g/mol. The summed E-state index contributed by atoms with van der Waals surface area (Å²) in [6.45, 7) is 1.60. The van der Waals surface area contributed by atoms with Gasteiger partial charge < -0.3 is 16.3 Å². The van der Waals surface area contributed by atoms with Gasteiger partial charge in [0.15, 0.2) is 11.6 Å². The number of benzene rings is 1. The maximum absolute atomic E-state index is 13.2. The van der Waals surface area contributed by atoms with E-state index >= 15 is 0 Å². The van der Waals surface area contributed by atoms with Gasteiger partial charge in [-0.15, -0.1) is 0 Å². The quantitative estimate of drug-likeness (QED) is 0.251. The van der Waals surface area contributed by atoms with Crippen LogP contribution in [-0.4, -0.2) is 17.1 Å². The molecular weight excluding hydrogens is 235 g/mol. The Hall–Kier alpha value is -1.92. The minimum atomic E-state index is -1.27. The van der Waals surface area contributed by atoms with E-state index in [1.165, 1.54) is 0 Å². The van der Waals surface area contributed by atoms with E-state index in [4.69, 9.17) is 10.9 Å². The molecule has 0 aliphatic carbocycles. The Balaban J connectivity index is 2.81. The van der Waals surface area contributed by atoms with Crippen molar-refractivity contribution in [3.8, 4) is 0 Å². The van der Waals surface area contributed by atoms with Crippen LogP contribution < -0.4 is 11.1 Å². The van der Waals surface area contributed by atoms with Crippen molar-refractivity contribution in [3.05, 3.63) is 29.6 Å². The third kappa shape index (κ3) is 3.54. The molecule has 0 fully saturated rings. The van der Waals surface area contributed by atoms with E-state index in [1.54, 1.807) is 6.92 Å². The highest BCUT2D eigenvalue weighted by Gasteiger charge is 2.13. The molecule has 4 nitrogen and oxygen atoms in total. The molecular formula is C10H12F3N3O. The fourth-order valence-electron chi connectivity index (χ4n) is 1.33. The number of nitrogens with two attached hydrogens (primary N) is 1. The van der Waals surface area contributed by atoms with Crippen LogP contribution in [0.5, 0.6) is 0 Å². The first-order valence-electron chi connectivity index (χ1n) is 4.81. The molecule has 1 aromatic carbocycles. The summed E-state index contributed by atoms with van der Waals surface area (Å²) in [7, 11) is 0. The van der Waals surface area contributed by atoms with Crippen molar-refractivity contribution in [1.82, 2.24) is 0 Å². The Bertz CT molecular complexity index is 437. The zero-order valence-corrected chi connectivity index (χ0v) is 9.04. The van der Waals surface area contributed by atoms with Crippen molar-refractivity contribution in [2.75, 3.05) is 5.32 Å². The Kier molecular flexibility index (Phi) is 4.19. The van der Waals surface area contributed by atoms with Gasteiger partial charge in [0.1, 0.15) is 11.7 Å². The van der Waals surface area contributed by atoms with E-state index in [9.17, 15) is 13.2 Å². The molecule has 17 heavy (non-hydrogen) atoms. The van der Waals surface area contributed by atoms with Gasteiger partial charge in [-0.1, -0.05) is 5.16 Å². The molecule has 1 atom stereocenters. The number of nitrogens with one attached hydrogen (secondary N) is 1. The SMILES string of the molecule is CC(CC(N)=NO)Nc1cc(F)cc(F)c1F. The Morgan fingerprint density at radius 2 is 2.12 bits per heavy atom. The molecule has 4 N–H and O–H groups in total. The number of hydrogen-bond donors (Lipinski definition) is 3. The van der Waals surface area contributed by atoms with Crippen LogP contribution in [0, 0.1) is 17.5 Å². The topological polar surface area (TPSA) is 70.6 Å². The first-order valence-corrected chi connectivity index (χ1v) is 4.81. The second-order valence-electron chi connectivity index (χ2n) is 3.59. The Morgan fingerprint density at radius 3 is 2.71 bits per heavy atom. The zero-order valence-electron chi connectivity index (χ0n) is 9.04. The van der Waals surface area contributed by atoms with Gasteiger partial charge in [-0.3, -0.25) is 0 Å². The lowest BCUT2D eigenvalue weighted by Crippen LogP contribution is -2.25. The minimum Gasteiger partial charge on any atom is -0.409 e. The van der Waals surface area contributed by atoms with Gasteiger partial charge in [-0.05, 0) is 6.92 Å². The zero-order chi connectivity index (χ0) is 13.0. The molecule has 0 spiro atoms. The molecule has 0 saturated heterocycles. The molecule has 0 aromatic heterocycles. The predicted octanol–water partition coefficient (Wildman–Crippen LogP) is 2.04. The van der Waals surface area contributed by atoms with E-state index in [2.05, 4.69) is 10.5 Å². The molecule has 0 radical (unpaired) electrons. The van der Waals surface area contributed by atoms with Crippen molar-refractivity contribution in [3.63, 3.8) is 0 Å². The predicted molar refractivity (Wildman–Crippen MR) is 57.4 cm³/mol. The van der Waals surface area contributed by atoms with Crippen LogP contribution in [0.4, 0.5) is 18.9 Å². The van der Waals surface area contributed by atoms with E-state index in [0.29, 0.717) is 6.07 Å². The number of rotatable bonds is 4. The van der Waals surface area contributed by atoms with Gasteiger partial charge in [0.25, 0.3) is 0 Å². The molecule has 94 valence electrons. The first kappa shape index (κ1) is 13.1. The van der Waals surface area contributed by atoms with Gasteiger partial charge in [-0.25, -0.2) is 13.2 Å². The number of anilines is 1. The van der Waals surface area contributed by atoms with Crippen molar-refractivity contribution in [2.45, 2.75) is 19.4 Å². The summed E-state index contributed by atoms with van der Waals surface area (Å²) in [6.07, 6.45) is 0.105. The molecule has 0 heterocycles. The molecule has 7 heteroatoms. The first-order chi connectivity index (χ1) is 7.93. The van der Waals surface area contributed by atoms with Crippen LogP contribution in [0.25, 0.3) is 0 Å². The number of oxime groups is 1. The van der Waals surface area contributed by atoms with Crippen molar-refractivity contribution < 1.29 is 18.4 Å². The second-order valence-corrected chi connectivity index (χ2v) is 3.59. The molecule has 0 amide bonds. The molecule has 1 rings (SSSR count). The number of halogens is 3. The summed E-state index contributed by atoms with van der Waals surface area (Å²) in [5, 5.41) is 13.6. The smallest absolute Gasteiger partial charge is 0.182 e. The van der Waals surface area contributed by atoms with Crippen LogP contribution in [0.2, 0.25) is 0 Å². The molecule has 1 aromatic rings. The fourth-order valence-corrected chi connectivity index (χ4v) is 1.33. The lowest BCUT2D eigenvalue weighted by Gasteiger charge is -2.15. The molecule has 0 saturated carbocycles. The highest BCUT2D eigenvalue weighted by molar-refractivity contribution is 5.80. The maximum Gasteiger partial charge on any atom is 0.182 e. The second kappa shape index (κ2) is 5.42.